The minimum absolute atomic E-state index is 0.208. The van der Waals surface area contributed by atoms with Gasteiger partial charge in [0.05, 0.1) is 15.2 Å². The van der Waals surface area contributed by atoms with Crippen molar-refractivity contribution in [1.29, 1.82) is 0 Å². The molecule has 2 aromatic rings. The van der Waals surface area contributed by atoms with Crippen LogP contribution in [0, 0.1) is 5.92 Å². The molecule has 2 rings (SSSR count). The maximum Gasteiger partial charge on any atom is 0.326 e. The van der Waals surface area contributed by atoms with Crippen molar-refractivity contribution in [1.82, 2.24) is 10.3 Å². The number of benzene rings is 1. The normalized spacial score (nSPS) is 12.5. The van der Waals surface area contributed by atoms with Crippen LogP contribution in [0.25, 0.3) is 10.2 Å². The van der Waals surface area contributed by atoms with Gasteiger partial charge in [-0.25, -0.2) is 9.78 Å². The van der Waals surface area contributed by atoms with Crippen LogP contribution in [0.4, 0.5) is 0 Å². The van der Waals surface area contributed by atoms with Gasteiger partial charge in [0.1, 0.15) is 6.04 Å². The number of aromatic nitrogens is 1. The molecule has 5 nitrogen and oxygen atoms in total. The number of thiazole rings is 1. The molecule has 0 saturated carbocycles. The number of carbonyl (C=O) groups is 2. The van der Waals surface area contributed by atoms with Gasteiger partial charge in [0.25, 0.3) is 0 Å². The number of hydrogen-bond donors (Lipinski definition) is 2. The Hall–Kier alpha value is -1.47. The molecule has 1 heterocycles. The highest BCUT2D eigenvalue weighted by Crippen LogP contribution is 2.25. The number of nitrogens with one attached hydrogen (secondary N) is 1. The maximum absolute atomic E-state index is 12.0. The number of rotatable bonds is 7. The van der Waals surface area contributed by atoms with E-state index in [1.165, 1.54) is 0 Å². The second-order valence-electron chi connectivity index (χ2n) is 5.81. The van der Waals surface area contributed by atoms with Crippen LogP contribution in [0.2, 0.25) is 0 Å². The summed E-state index contributed by atoms with van der Waals surface area (Å²) in [5, 5.41) is 12.6. The van der Waals surface area contributed by atoms with Gasteiger partial charge in [-0.05, 0) is 30.5 Å². The molecule has 0 radical (unpaired) electrons. The smallest absolute Gasteiger partial charge is 0.326 e. The van der Waals surface area contributed by atoms with Crippen LogP contribution in [0.15, 0.2) is 22.7 Å². The number of fused-ring (bicyclic) bond motifs is 1. The third-order valence-corrected chi connectivity index (χ3v) is 4.89. The monoisotopic (exact) mass is 398 g/mol. The maximum atomic E-state index is 12.0. The van der Waals surface area contributed by atoms with E-state index < -0.39 is 12.0 Å². The van der Waals surface area contributed by atoms with Crippen LogP contribution >= 0.6 is 27.3 Å². The molecule has 23 heavy (non-hydrogen) atoms. The molecule has 2 N–H and O–H groups in total. The largest absolute Gasteiger partial charge is 0.480 e. The average molecular weight is 399 g/mol. The second-order valence-corrected chi connectivity index (χ2v) is 7.84. The third-order valence-electron chi connectivity index (χ3n) is 3.30. The molecule has 0 aliphatic rings. The van der Waals surface area contributed by atoms with E-state index in [0.717, 1.165) is 19.7 Å². The standard InChI is InChI=1S/C16H19BrN2O3S/c1-9(2)7-12(16(21)22)18-14(20)5-6-15-19-11-8-10(17)3-4-13(11)23-15/h3-4,8-9,12H,5-7H2,1-2H3,(H,18,20)(H,21,22). The van der Waals surface area contributed by atoms with Crippen LogP contribution in [-0.4, -0.2) is 28.0 Å². The molecule has 0 spiro atoms. The molecule has 0 aliphatic carbocycles. The van der Waals surface area contributed by atoms with Gasteiger partial charge in [0, 0.05) is 17.3 Å². The molecular formula is C16H19BrN2O3S. The third kappa shape index (κ3) is 5.28. The van der Waals surface area contributed by atoms with Crippen LogP contribution < -0.4 is 5.32 Å². The zero-order chi connectivity index (χ0) is 17.0. The quantitative estimate of drug-likeness (QED) is 0.746. The number of carbonyl (C=O) groups excluding carboxylic acids is 1. The van der Waals surface area contributed by atoms with E-state index in [4.69, 9.17) is 5.11 Å². The summed E-state index contributed by atoms with van der Waals surface area (Å²) in [6, 6.07) is 5.07. The fourth-order valence-electron chi connectivity index (χ4n) is 2.24. The first-order chi connectivity index (χ1) is 10.8. The molecular weight excluding hydrogens is 380 g/mol. The van der Waals surface area contributed by atoms with Crippen molar-refractivity contribution >= 4 is 49.4 Å². The Morgan fingerprint density at radius 3 is 2.78 bits per heavy atom. The highest BCUT2D eigenvalue weighted by atomic mass is 79.9. The van der Waals surface area contributed by atoms with E-state index in [1.807, 2.05) is 32.0 Å². The molecule has 1 aromatic carbocycles. The minimum atomic E-state index is -0.989. The summed E-state index contributed by atoms with van der Waals surface area (Å²) in [5.74, 6) is -1.03. The summed E-state index contributed by atoms with van der Waals surface area (Å²) >= 11 is 4.96. The van der Waals surface area contributed by atoms with Crippen LogP contribution in [0.5, 0.6) is 0 Å². The van der Waals surface area contributed by atoms with Gasteiger partial charge in [0.15, 0.2) is 0 Å². The minimum Gasteiger partial charge on any atom is -0.480 e. The summed E-state index contributed by atoms with van der Waals surface area (Å²) in [6.07, 6.45) is 1.18. The van der Waals surface area contributed by atoms with Gasteiger partial charge in [-0.1, -0.05) is 29.8 Å². The summed E-state index contributed by atoms with van der Waals surface area (Å²) in [6.45, 7) is 3.86. The highest BCUT2D eigenvalue weighted by Gasteiger charge is 2.21. The number of amides is 1. The molecule has 1 aromatic heterocycles. The molecule has 1 amide bonds. The fraction of sp³-hybridized carbons (Fsp3) is 0.438. The van der Waals surface area contributed by atoms with Crippen molar-refractivity contribution in [3.8, 4) is 0 Å². The molecule has 0 saturated heterocycles. The number of nitrogens with zero attached hydrogens (tertiary/aromatic N) is 1. The van der Waals surface area contributed by atoms with Crippen molar-refractivity contribution in [2.75, 3.05) is 0 Å². The number of carboxylic acids is 1. The van der Waals surface area contributed by atoms with E-state index in [2.05, 4.69) is 26.2 Å². The van der Waals surface area contributed by atoms with Crippen molar-refractivity contribution in [3.05, 3.63) is 27.7 Å². The van der Waals surface area contributed by atoms with Gasteiger partial charge < -0.3 is 10.4 Å². The van der Waals surface area contributed by atoms with Gasteiger partial charge in [-0.2, -0.15) is 0 Å². The summed E-state index contributed by atoms with van der Waals surface area (Å²) in [4.78, 5) is 27.6. The number of aryl methyl sites for hydroxylation is 1. The number of hydrogen-bond acceptors (Lipinski definition) is 4. The number of halogens is 1. The summed E-state index contributed by atoms with van der Waals surface area (Å²) in [7, 11) is 0. The van der Waals surface area contributed by atoms with E-state index in [0.29, 0.717) is 12.8 Å². The van der Waals surface area contributed by atoms with Gasteiger partial charge in [-0.3, -0.25) is 4.79 Å². The predicted octanol–water partition coefficient (Wildman–Crippen LogP) is 3.61. The average Bonchev–Trinajstić information content (AvgIpc) is 2.85. The van der Waals surface area contributed by atoms with Crippen LogP contribution in [0.3, 0.4) is 0 Å². The summed E-state index contributed by atoms with van der Waals surface area (Å²) in [5.41, 5.74) is 0.906. The Morgan fingerprint density at radius 2 is 2.13 bits per heavy atom. The Morgan fingerprint density at radius 1 is 1.39 bits per heavy atom. The Bertz CT molecular complexity index is 714. The number of carboxylic acid groups (broad SMARTS) is 1. The van der Waals surface area contributed by atoms with Crippen molar-refractivity contribution in [2.24, 2.45) is 5.92 Å². The second kappa shape index (κ2) is 7.88. The molecule has 7 heteroatoms. The lowest BCUT2D eigenvalue weighted by atomic mass is 10.0. The zero-order valence-electron chi connectivity index (χ0n) is 13.0. The molecule has 1 unspecified atom stereocenters. The Balaban J connectivity index is 1.93. The number of aliphatic carboxylic acids is 1. The highest BCUT2D eigenvalue weighted by molar-refractivity contribution is 9.10. The van der Waals surface area contributed by atoms with Crippen molar-refractivity contribution in [3.63, 3.8) is 0 Å². The van der Waals surface area contributed by atoms with E-state index in [1.54, 1.807) is 11.3 Å². The lowest BCUT2D eigenvalue weighted by Crippen LogP contribution is -2.41. The van der Waals surface area contributed by atoms with Gasteiger partial charge in [0.2, 0.25) is 5.91 Å². The lowest BCUT2D eigenvalue weighted by Gasteiger charge is -2.16. The van der Waals surface area contributed by atoms with Crippen LogP contribution in [-0.2, 0) is 16.0 Å². The van der Waals surface area contributed by atoms with Gasteiger partial charge in [-0.15, -0.1) is 11.3 Å². The van der Waals surface area contributed by atoms with E-state index >= 15 is 0 Å². The molecule has 124 valence electrons. The first-order valence-corrected chi connectivity index (χ1v) is 9.03. The Kier molecular flexibility index (Phi) is 6.12. The zero-order valence-corrected chi connectivity index (χ0v) is 15.4. The Labute approximate surface area is 147 Å². The van der Waals surface area contributed by atoms with Crippen molar-refractivity contribution in [2.45, 2.75) is 39.2 Å². The molecule has 0 fully saturated rings. The van der Waals surface area contributed by atoms with Gasteiger partial charge >= 0.3 is 5.97 Å². The molecule has 0 aliphatic heterocycles. The summed E-state index contributed by atoms with van der Waals surface area (Å²) < 4.78 is 2.05. The predicted molar refractivity (Wildman–Crippen MR) is 94.7 cm³/mol. The topological polar surface area (TPSA) is 79.3 Å². The van der Waals surface area contributed by atoms with Crippen LogP contribution in [0.1, 0.15) is 31.7 Å². The SMILES string of the molecule is CC(C)CC(NC(=O)CCc1nc2cc(Br)ccc2s1)C(=O)O. The first-order valence-electron chi connectivity index (χ1n) is 7.42. The molecule has 0 bridgehead atoms. The molecule has 1 atom stereocenters. The van der Waals surface area contributed by atoms with E-state index in [-0.39, 0.29) is 18.2 Å². The fourth-order valence-corrected chi connectivity index (χ4v) is 3.53. The first kappa shape index (κ1) is 17.9. The van der Waals surface area contributed by atoms with Crippen molar-refractivity contribution < 1.29 is 14.7 Å². The van der Waals surface area contributed by atoms with E-state index in [9.17, 15) is 9.59 Å². The lowest BCUT2D eigenvalue weighted by molar-refractivity contribution is -0.142.